The standard InChI is InChI=1S/C15H11F3INO/c16-15(17,18)14(21)20-13(10-6-2-1-3-7-10)11-8-4-5-9-12(11)19/h1-9,13H,(H,20,21). The van der Waals surface area contributed by atoms with Crippen LogP contribution < -0.4 is 5.32 Å². The van der Waals surface area contributed by atoms with Crippen molar-refractivity contribution in [3.63, 3.8) is 0 Å². The quantitative estimate of drug-likeness (QED) is 0.767. The molecule has 0 spiro atoms. The maximum absolute atomic E-state index is 12.5. The molecule has 0 saturated heterocycles. The summed E-state index contributed by atoms with van der Waals surface area (Å²) in [4.78, 5) is 11.3. The number of halogens is 4. The number of rotatable bonds is 3. The predicted molar refractivity (Wildman–Crippen MR) is 81.6 cm³/mol. The Morgan fingerprint density at radius 1 is 1.00 bits per heavy atom. The highest BCUT2D eigenvalue weighted by Gasteiger charge is 2.40. The van der Waals surface area contributed by atoms with Gasteiger partial charge in [0, 0.05) is 3.57 Å². The average molecular weight is 405 g/mol. The van der Waals surface area contributed by atoms with E-state index >= 15 is 0 Å². The molecule has 0 fully saturated rings. The molecule has 0 aromatic heterocycles. The van der Waals surface area contributed by atoms with Gasteiger partial charge in [-0.15, -0.1) is 0 Å². The Hall–Kier alpha value is -1.57. The molecule has 0 saturated carbocycles. The largest absolute Gasteiger partial charge is 0.471 e. The topological polar surface area (TPSA) is 29.1 Å². The molecule has 2 aromatic rings. The first-order valence-electron chi connectivity index (χ1n) is 6.06. The van der Waals surface area contributed by atoms with Crippen LogP contribution in [0.15, 0.2) is 54.6 Å². The zero-order chi connectivity index (χ0) is 15.5. The van der Waals surface area contributed by atoms with Crippen LogP contribution >= 0.6 is 22.6 Å². The molecule has 21 heavy (non-hydrogen) atoms. The van der Waals surface area contributed by atoms with Crippen molar-refractivity contribution in [3.05, 3.63) is 69.3 Å². The monoisotopic (exact) mass is 405 g/mol. The van der Waals surface area contributed by atoms with Crippen molar-refractivity contribution < 1.29 is 18.0 Å². The lowest BCUT2D eigenvalue weighted by molar-refractivity contribution is -0.174. The molecule has 2 nitrogen and oxygen atoms in total. The maximum atomic E-state index is 12.5. The van der Waals surface area contributed by atoms with Crippen LogP contribution in [0.5, 0.6) is 0 Å². The smallest absolute Gasteiger partial charge is 0.337 e. The Kier molecular flexibility index (Phi) is 4.87. The Morgan fingerprint density at radius 3 is 2.14 bits per heavy atom. The number of hydrogen-bond donors (Lipinski definition) is 1. The van der Waals surface area contributed by atoms with Gasteiger partial charge in [0.1, 0.15) is 0 Å². The zero-order valence-corrected chi connectivity index (χ0v) is 12.9. The first-order chi connectivity index (χ1) is 9.89. The number of benzene rings is 2. The molecule has 110 valence electrons. The number of amides is 1. The van der Waals surface area contributed by atoms with Gasteiger partial charge in [-0.1, -0.05) is 48.5 Å². The summed E-state index contributed by atoms with van der Waals surface area (Å²) in [6.45, 7) is 0. The summed E-state index contributed by atoms with van der Waals surface area (Å²) in [5.74, 6) is -1.95. The van der Waals surface area contributed by atoms with Gasteiger partial charge in [0.2, 0.25) is 0 Å². The van der Waals surface area contributed by atoms with Crippen molar-refractivity contribution >= 4 is 28.5 Å². The van der Waals surface area contributed by atoms with Gasteiger partial charge in [-0.2, -0.15) is 13.2 Å². The Balaban J connectivity index is 2.41. The van der Waals surface area contributed by atoms with Gasteiger partial charge in [-0.05, 0) is 39.8 Å². The fourth-order valence-corrected chi connectivity index (χ4v) is 2.61. The highest BCUT2D eigenvalue weighted by Crippen LogP contribution is 2.27. The number of hydrogen-bond acceptors (Lipinski definition) is 1. The molecule has 6 heteroatoms. The van der Waals surface area contributed by atoms with E-state index in [0.29, 0.717) is 11.1 Å². The van der Waals surface area contributed by atoms with Gasteiger partial charge in [0.15, 0.2) is 0 Å². The maximum Gasteiger partial charge on any atom is 0.471 e. The third-order valence-corrected chi connectivity index (χ3v) is 3.86. The molecular weight excluding hydrogens is 394 g/mol. The third-order valence-electron chi connectivity index (χ3n) is 2.88. The lowest BCUT2D eigenvalue weighted by Gasteiger charge is -2.21. The zero-order valence-electron chi connectivity index (χ0n) is 10.7. The molecule has 1 N–H and O–H groups in total. The lowest BCUT2D eigenvalue weighted by atomic mass is 9.98. The summed E-state index contributed by atoms with van der Waals surface area (Å²) < 4.78 is 38.4. The SMILES string of the molecule is O=C(NC(c1ccccc1)c1ccccc1I)C(F)(F)F. The number of carbonyl (C=O) groups excluding carboxylic acids is 1. The van der Waals surface area contributed by atoms with Crippen LogP contribution in [-0.4, -0.2) is 12.1 Å². The van der Waals surface area contributed by atoms with Crippen LogP contribution in [0.4, 0.5) is 13.2 Å². The van der Waals surface area contributed by atoms with E-state index in [0.717, 1.165) is 3.57 Å². The van der Waals surface area contributed by atoms with Gasteiger partial charge in [-0.25, -0.2) is 0 Å². The van der Waals surface area contributed by atoms with Gasteiger partial charge in [0.05, 0.1) is 6.04 Å². The second-order valence-corrected chi connectivity index (χ2v) is 5.50. The molecule has 1 atom stereocenters. The van der Waals surface area contributed by atoms with E-state index in [9.17, 15) is 18.0 Å². The van der Waals surface area contributed by atoms with Crippen LogP contribution in [0.2, 0.25) is 0 Å². The normalized spacial score (nSPS) is 12.8. The van der Waals surface area contributed by atoms with E-state index in [1.54, 1.807) is 54.6 Å². The fraction of sp³-hybridized carbons (Fsp3) is 0.133. The summed E-state index contributed by atoms with van der Waals surface area (Å²) in [6, 6.07) is 14.7. The number of nitrogens with one attached hydrogen (secondary N) is 1. The second-order valence-electron chi connectivity index (χ2n) is 4.34. The lowest BCUT2D eigenvalue weighted by Crippen LogP contribution is -2.39. The molecule has 0 aliphatic carbocycles. The summed E-state index contributed by atoms with van der Waals surface area (Å²) >= 11 is 2.04. The number of alkyl halides is 3. The molecule has 0 aliphatic heterocycles. The van der Waals surface area contributed by atoms with Crippen molar-refractivity contribution in [2.75, 3.05) is 0 Å². The minimum atomic E-state index is -4.91. The van der Waals surface area contributed by atoms with Crippen molar-refractivity contribution in [1.29, 1.82) is 0 Å². The van der Waals surface area contributed by atoms with Crippen molar-refractivity contribution in [2.24, 2.45) is 0 Å². The highest BCUT2D eigenvalue weighted by molar-refractivity contribution is 14.1. The van der Waals surface area contributed by atoms with Gasteiger partial charge in [-0.3, -0.25) is 4.79 Å². The fourth-order valence-electron chi connectivity index (χ4n) is 1.91. The summed E-state index contributed by atoms with van der Waals surface area (Å²) in [6.07, 6.45) is -4.91. The molecule has 0 aliphatic rings. The van der Waals surface area contributed by atoms with Gasteiger partial charge >= 0.3 is 12.1 Å². The summed E-state index contributed by atoms with van der Waals surface area (Å²) in [5, 5.41) is 2.06. The Labute approximate surface area is 133 Å². The molecule has 0 bridgehead atoms. The minimum Gasteiger partial charge on any atom is -0.337 e. The average Bonchev–Trinajstić information content (AvgIpc) is 2.45. The van der Waals surface area contributed by atoms with E-state index in [-0.39, 0.29) is 0 Å². The molecule has 0 heterocycles. The second kappa shape index (κ2) is 6.46. The van der Waals surface area contributed by atoms with Crippen molar-refractivity contribution in [2.45, 2.75) is 12.2 Å². The van der Waals surface area contributed by atoms with Crippen LogP contribution in [0.1, 0.15) is 17.2 Å². The van der Waals surface area contributed by atoms with E-state index in [1.807, 2.05) is 22.6 Å². The minimum absolute atomic E-state index is 0.596. The van der Waals surface area contributed by atoms with E-state index in [2.05, 4.69) is 5.32 Å². The van der Waals surface area contributed by atoms with Crippen LogP contribution in [-0.2, 0) is 4.79 Å². The molecular formula is C15H11F3INO. The van der Waals surface area contributed by atoms with E-state index in [4.69, 9.17) is 0 Å². The molecule has 1 amide bonds. The molecule has 2 rings (SSSR count). The summed E-state index contributed by atoms with van der Waals surface area (Å²) in [5.41, 5.74) is 1.22. The van der Waals surface area contributed by atoms with Crippen LogP contribution in [0.25, 0.3) is 0 Å². The van der Waals surface area contributed by atoms with Crippen molar-refractivity contribution in [1.82, 2.24) is 5.32 Å². The highest BCUT2D eigenvalue weighted by atomic mass is 127. The predicted octanol–water partition coefficient (Wildman–Crippen LogP) is 4.06. The van der Waals surface area contributed by atoms with Crippen LogP contribution in [0, 0.1) is 3.57 Å². The van der Waals surface area contributed by atoms with E-state index < -0.39 is 18.1 Å². The molecule has 1 unspecified atom stereocenters. The van der Waals surface area contributed by atoms with E-state index in [1.165, 1.54) is 0 Å². The first-order valence-corrected chi connectivity index (χ1v) is 7.14. The third kappa shape index (κ3) is 3.96. The Morgan fingerprint density at radius 2 is 1.57 bits per heavy atom. The number of carbonyl (C=O) groups is 1. The molecule has 0 radical (unpaired) electrons. The molecule has 2 aromatic carbocycles. The first kappa shape index (κ1) is 15.8. The van der Waals surface area contributed by atoms with Gasteiger partial charge < -0.3 is 5.32 Å². The van der Waals surface area contributed by atoms with Gasteiger partial charge in [0.25, 0.3) is 0 Å². The summed E-state index contributed by atoms with van der Waals surface area (Å²) in [7, 11) is 0. The van der Waals surface area contributed by atoms with Crippen LogP contribution in [0.3, 0.4) is 0 Å². The Bertz CT molecular complexity index is 628. The van der Waals surface area contributed by atoms with Crippen molar-refractivity contribution in [3.8, 4) is 0 Å².